The van der Waals surface area contributed by atoms with Gasteiger partial charge in [-0.1, -0.05) is 41.9 Å². The van der Waals surface area contributed by atoms with Crippen molar-refractivity contribution in [3.8, 4) is 16.9 Å². The normalized spacial score (nSPS) is 10.4. The van der Waals surface area contributed by atoms with Gasteiger partial charge in [0.05, 0.1) is 7.11 Å². The summed E-state index contributed by atoms with van der Waals surface area (Å²) in [7, 11) is 1.66. The van der Waals surface area contributed by atoms with E-state index < -0.39 is 6.03 Å². The predicted molar refractivity (Wildman–Crippen MR) is 106 cm³/mol. The molecule has 132 valence electrons. The third kappa shape index (κ3) is 4.35. The number of nitrogens with two attached hydrogens (primary N) is 1. The maximum absolute atomic E-state index is 10.9. The number of nitrogens with one attached hydrogen (secondary N) is 1. The number of carbonyl (C=O) groups excluding carboxylic acids is 1. The van der Waals surface area contributed by atoms with Gasteiger partial charge in [0.25, 0.3) is 0 Å². The van der Waals surface area contributed by atoms with Crippen LogP contribution in [0.5, 0.6) is 5.75 Å². The second-order valence-electron chi connectivity index (χ2n) is 5.91. The Morgan fingerprint density at radius 1 is 1.04 bits per heavy atom. The van der Waals surface area contributed by atoms with Crippen molar-refractivity contribution in [2.45, 2.75) is 6.42 Å². The van der Waals surface area contributed by atoms with E-state index >= 15 is 0 Å². The molecule has 2 amide bonds. The molecule has 0 fully saturated rings. The van der Waals surface area contributed by atoms with Crippen molar-refractivity contribution in [3.63, 3.8) is 0 Å². The number of urea groups is 1. The van der Waals surface area contributed by atoms with Gasteiger partial charge < -0.3 is 15.8 Å². The lowest BCUT2D eigenvalue weighted by atomic mass is 9.98. The molecule has 0 radical (unpaired) electrons. The number of anilines is 1. The molecule has 0 heterocycles. The van der Waals surface area contributed by atoms with Crippen LogP contribution < -0.4 is 15.8 Å². The van der Waals surface area contributed by atoms with Crippen molar-refractivity contribution in [3.05, 3.63) is 82.9 Å². The van der Waals surface area contributed by atoms with Crippen LogP contribution in [-0.2, 0) is 6.42 Å². The third-order valence-corrected chi connectivity index (χ3v) is 4.26. The minimum atomic E-state index is -0.570. The molecule has 0 saturated carbocycles. The number of carbonyl (C=O) groups is 1. The summed E-state index contributed by atoms with van der Waals surface area (Å²) >= 11 is 6.13. The fourth-order valence-corrected chi connectivity index (χ4v) is 3.02. The molecule has 26 heavy (non-hydrogen) atoms. The molecule has 3 aromatic carbocycles. The van der Waals surface area contributed by atoms with Gasteiger partial charge in [-0.15, -0.1) is 0 Å². The lowest BCUT2D eigenvalue weighted by Crippen LogP contribution is -2.19. The number of amides is 2. The monoisotopic (exact) mass is 366 g/mol. The number of hydrogen-bond donors (Lipinski definition) is 2. The Morgan fingerprint density at radius 2 is 1.77 bits per heavy atom. The van der Waals surface area contributed by atoms with Crippen LogP contribution in [0.3, 0.4) is 0 Å². The first-order valence-electron chi connectivity index (χ1n) is 8.13. The predicted octanol–water partition coefficient (Wildman–Crippen LogP) is 5.10. The molecule has 0 atom stereocenters. The van der Waals surface area contributed by atoms with E-state index in [1.54, 1.807) is 7.11 Å². The molecule has 0 aliphatic carbocycles. The Kier molecular flexibility index (Phi) is 5.44. The van der Waals surface area contributed by atoms with Crippen LogP contribution in [0.25, 0.3) is 11.1 Å². The van der Waals surface area contributed by atoms with E-state index in [0.29, 0.717) is 10.7 Å². The van der Waals surface area contributed by atoms with Crippen LogP contribution in [0.2, 0.25) is 5.02 Å². The Labute approximate surface area is 157 Å². The summed E-state index contributed by atoms with van der Waals surface area (Å²) in [5.74, 6) is 0.803. The highest BCUT2D eigenvalue weighted by Gasteiger charge is 2.08. The Balaban J connectivity index is 1.87. The number of benzene rings is 3. The molecular formula is C21H19ClN2O2. The summed E-state index contributed by atoms with van der Waals surface area (Å²) in [6, 6.07) is 20.9. The van der Waals surface area contributed by atoms with Gasteiger partial charge >= 0.3 is 6.03 Å². The van der Waals surface area contributed by atoms with Crippen molar-refractivity contribution >= 4 is 23.3 Å². The maximum Gasteiger partial charge on any atom is 0.316 e. The molecule has 0 aromatic heterocycles. The third-order valence-electron chi connectivity index (χ3n) is 4.03. The highest BCUT2D eigenvalue weighted by Crippen LogP contribution is 2.33. The second-order valence-corrected chi connectivity index (χ2v) is 6.34. The molecule has 4 nitrogen and oxygen atoms in total. The highest BCUT2D eigenvalue weighted by atomic mass is 35.5. The largest absolute Gasteiger partial charge is 0.496 e. The Bertz CT molecular complexity index is 924. The van der Waals surface area contributed by atoms with Crippen molar-refractivity contribution in [1.29, 1.82) is 0 Å². The molecule has 3 rings (SSSR count). The Hall–Kier alpha value is -2.98. The first kappa shape index (κ1) is 17.8. The molecule has 0 aliphatic rings. The molecular weight excluding hydrogens is 348 g/mol. The summed E-state index contributed by atoms with van der Waals surface area (Å²) < 4.78 is 5.50. The lowest BCUT2D eigenvalue weighted by Gasteiger charge is -2.12. The SMILES string of the molecule is COc1ccc(Cc2ccc(NC(N)=O)cc2)cc1-c1cccc(Cl)c1. The molecule has 3 aromatic rings. The first-order chi connectivity index (χ1) is 12.5. The topological polar surface area (TPSA) is 64.3 Å². The van der Waals surface area contributed by atoms with E-state index in [1.165, 1.54) is 0 Å². The van der Waals surface area contributed by atoms with Gasteiger partial charge in [0, 0.05) is 16.3 Å². The average Bonchev–Trinajstić information content (AvgIpc) is 2.63. The molecule has 0 bridgehead atoms. The highest BCUT2D eigenvalue weighted by molar-refractivity contribution is 6.30. The fraction of sp³-hybridized carbons (Fsp3) is 0.0952. The molecule has 0 saturated heterocycles. The second kappa shape index (κ2) is 7.93. The molecule has 5 heteroatoms. The standard InChI is InChI=1S/C21H19ClN2O2/c1-26-20-10-7-15(12-19(20)16-3-2-4-17(22)13-16)11-14-5-8-18(9-6-14)24-21(23)25/h2-10,12-13H,11H2,1H3,(H3,23,24,25). The van der Waals surface area contributed by atoms with Crippen LogP contribution in [0.15, 0.2) is 66.7 Å². The fourth-order valence-electron chi connectivity index (χ4n) is 2.83. The minimum Gasteiger partial charge on any atom is -0.496 e. The Morgan fingerprint density at radius 3 is 2.42 bits per heavy atom. The van der Waals surface area contributed by atoms with Crippen molar-refractivity contribution in [2.75, 3.05) is 12.4 Å². The van der Waals surface area contributed by atoms with Gasteiger partial charge in [0.15, 0.2) is 0 Å². The first-order valence-corrected chi connectivity index (χ1v) is 8.51. The number of primary amides is 1. The van der Waals surface area contributed by atoms with E-state index in [4.69, 9.17) is 22.1 Å². The van der Waals surface area contributed by atoms with Crippen LogP contribution in [-0.4, -0.2) is 13.1 Å². The van der Waals surface area contributed by atoms with E-state index in [-0.39, 0.29) is 0 Å². The van der Waals surface area contributed by atoms with Crippen molar-refractivity contribution in [1.82, 2.24) is 0 Å². The van der Waals surface area contributed by atoms with E-state index in [1.807, 2.05) is 60.7 Å². The van der Waals surface area contributed by atoms with Gasteiger partial charge in [-0.25, -0.2) is 4.79 Å². The maximum atomic E-state index is 10.9. The van der Waals surface area contributed by atoms with Crippen LogP contribution in [0.4, 0.5) is 10.5 Å². The van der Waals surface area contributed by atoms with E-state index in [0.717, 1.165) is 34.4 Å². The summed E-state index contributed by atoms with van der Waals surface area (Å²) in [6.45, 7) is 0. The van der Waals surface area contributed by atoms with E-state index in [2.05, 4.69) is 11.4 Å². The van der Waals surface area contributed by atoms with Crippen LogP contribution in [0, 0.1) is 0 Å². The number of methoxy groups -OCH3 is 1. The molecule has 0 unspecified atom stereocenters. The van der Waals surface area contributed by atoms with Crippen molar-refractivity contribution < 1.29 is 9.53 Å². The molecule has 3 N–H and O–H groups in total. The minimum absolute atomic E-state index is 0.570. The van der Waals surface area contributed by atoms with Gasteiger partial charge in [-0.2, -0.15) is 0 Å². The van der Waals surface area contributed by atoms with Crippen molar-refractivity contribution in [2.24, 2.45) is 5.73 Å². The van der Waals surface area contributed by atoms with Crippen LogP contribution in [0.1, 0.15) is 11.1 Å². The average molecular weight is 367 g/mol. The van der Waals surface area contributed by atoms with Gasteiger partial charge in [-0.05, 0) is 59.5 Å². The zero-order valence-corrected chi connectivity index (χ0v) is 15.1. The molecule has 0 spiro atoms. The number of halogens is 1. The summed E-state index contributed by atoms with van der Waals surface area (Å²) in [6.07, 6.45) is 0.758. The zero-order valence-electron chi connectivity index (χ0n) is 14.3. The number of rotatable bonds is 5. The summed E-state index contributed by atoms with van der Waals surface area (Å²) in [4.78, 5) is 10.9. The molecule has 0 aliphatic heterocycles. The van der Waals surface area contributed by atoms with Gasteiger partial charge in [0.1, 0.15) is 5.75 Å². The number of ether oxygens (including phenoxy) is 1. The van der Waals surface area contributed by atoms with E-state index in [9.17, 15) is 4.79 Å². The lowest BCUT2D eigenvalue weighted by molar-refractivity contribution is 0.259. The smallest absolute Gasteiger partial charge is 0.316 e. The number of hydrogen-bond acceptors (Lipinski definition) is 2. The van der Waals surface area contributed by atoms with Gasteiger partial charge in [-0.3, -0.25) is 0 Å². The quantitative estimate of drug-likeness (QED) is 0.660. The summed E-state index contributed by atoms with van der Waals surface area (Å²) in [5.41, 5.74) is 10.1. The summed E-state index contributed by atoms with van der Waals surface area (Å²) in [5, 5.41) is 3.24. The van der Waals surface area contributed by atoms with Crippen LogP contribution >= 0.6 is 11.6 Å². The zero-order chi connectivity index (χ0) is 18.5. The van der Waals surface area contributed by atoms with Gasteiger partial charge in [0.2, 0.25) is 0 Å².